The maximum absolute atomic E-state index is 12.3. The Morgan fingerprint density at radius 3 is 2.41 bits per heavy atom. The van der Waals surface area contributed by atoms with Crippen LogP contribution in [0.15, 0.2) is 60.7 Å². The molecule has 0 saturated heterocycles. The molecule has 150 valence electrons. The molecule has 0 atom stereocenters. The first-order valence-electron chi connectivity index (χ1n) is 9.30. The van der Waals surface area contributed by atoms with E-state index in [4.69, 9.17) is 9.47 Å². The summed E-state index contributed by atoms with van der Waals surface area (Å²) in [4.78, 5) is 12.3. The van der Waals surface area contributed by atoms with Crippen LogP contribution in [0.1, 0.15) is 21.6 Å². The number of methoxy groups -OCH3 is 2. The van der Waals surface area contributed by atoms with Gasteiger partial charge in [0.05, 0.1) is 14.2 Å². The molecule has 0 spiro atoms. The van der Waals surface area contributed by atoms with Crippen molar-refractivity contribution < 1.29 is 14.3 Å². The average Bonchev–Trinajstić information content (AvgIpc) is 2.78. The van der Waals surface area contributed by atoms with Crippen LogP contribution in [-0.4, -0.2) is 36.9 Å². The Hall–Kier alpha value is -3.61. The van der Waals surface area contributed by atoms with E-state index >= 15 is 0 Å². The molecule has 29 heavy (non-hydrogen) atoms. The molecule has 7 heteroatoms. The number of nitrogens with zero attached hydrogens (tertiary/aromatic N) is 2. The van der Waals surface area contributed by atoms with Gasteiger partial charge in [-0.25, -0.2) is 0 Å². The third-order valence-electron chi connectivity index (χ3n) is 4.41. The van der Waals surface area contributed by atoms with Crippen molar-refractivity contribution in [2.24, 2.45) is 0 Å². The molecule has 0 aliphatic heterocycles. The Kier molecular flexibility index (Phi) is 7.00. The molecular formula is C22H24N4O3. The Balaban J connectivity index is 1.48. The van der Waals surface area contributed by atoms with Gasteiger partial charge in [0.15, 0.2) is 5.69 Å². The summed E-state index contributed by atoms with van der Waals surface area (Å²) in [5.74, 6) is 1.91. The van der Waals surface area contributed by atoms with Crippen LogP contribution in [0.2, 0.25) is 0 Å². The molecule has 0 aliphatic carbocycles. The molecule has 0 saturated carbocycles. The lowest BCUT2D eigenvalue weighted by Gasteiger charge is -2.09. The van der Waals surface area contributed by atoms with Gasteiger partial charge in [-0.1, -0.05) is 30.3 Å². The van der Waals surface area contributed by atoms with Crippen LogP contribution in [0.25, 0.3) is 0 Å². The van der Waals surface area contributed by atoms with Gasteiger partial charge in [-0.3, -0.25) is 4.79 Å². The van der Waals surface area contributed by atoms with Gasteiger partial charge in [0.25, 0.3) is 5.91 Å². The fourth-order valence-corrected chi connectivity index (χ4v) is 2.79. The Bertz CT molecular complexity index is 928. The average molecular weight is 392 g/mol. The molecule has 0 radical (unpaired) electrons. The number of aromatic nitrogens is 2. The fraction of sp³-hybridized carbons (Fsp3) is 0.227. The van der Waals surface area contributed by atoms with Crippen LogP contribution in [0, 0.1) is 0 Å². The normalized spacial score (nSPS) is 10.3. The van der Waals surface area contributed by atoms with Crippen LogP contribution >= 0.6 is 0 Å². The van der Waals surface area contributed by atoms with E-state index in [1.165, 1.54) is 5.56 Å². The Labute approximate surface area is 170 Å². The SMILES string of the molecule is COc1ccc(CCNc2ccc(C(=O)NCc3ccccc3OC)nn2)cc1. The number of para-hydroxylation sites is 1. The van der Waals surface area contributed by atoms with E-state index in [-0.39, 0.29) is 11.6 Å². The number of carbonyl (C=O) groups excluding carboxylic acids is 1. The first-order valence-corrected chi connectivity index (χ1v) is 9.30. The highest BCUT2D eigenvalue weighted by Crippen LogP contribution is 2.17. The van der Waals surface area contributed by atoms with Gasteiger partial charge in [0.2, 0.25) is 0 Å². The molecule has 2 aromatic carbocycles. The fourth-order valence-electron chi connectivity index (χ4n) is 2.79. The lowest BCUT2D eigenvalue weighted by atomic mass is 10.1. The molecule has 7 nitrogen and oxygen atoms in total. The number of nitrogens with one attached hydrogen (secondary N) is 2. The maximum Gasteiger partial charge on any atom is 0.272 e. The predicted octanol–water partition coefficient (Wildman–Crippen LogP) is 3.08. The minimum Gasteiger partial charge on any atom is -0.497 e. The van der Waals surface area contributed by atoms with Gasteiger partial charge in [-0.2, -0.15) is 0 Å². The van der Waals surface area contributed by atoms with Crippen LogP contribution in [0.4, 0.5) is 5.82 Å². The highest BCUT2D eigenvalue weighted by Gasteiger charge is 2.09. The minimum atomic E-state index is -0.284. The molecule has 3 aromatic rings. The van der Waals surface area contributed by atoms with E-state index < -0.39 is 0 Å². The van der Waals surface area contributed by atoms with Crippen molar-refractivity contribution in [2.45, 2.75) is 13.0 Å². The van der Waals surface area contributed by atoms with Crippen LogP contribution < -0.4 is 20.1 Å². The standard InChI is InChI=1S/C22H24N4O3/c1-28-18-9-7-16(8-10-18)13-14-23-21-12-11-19(25-26-21)22(27)24-15-17-5-3-4-6-20(17)29-2/h3-12H,13-15H2,1-2H3,(H,23,26)(H,24,27). The van der Waals surface area contributed by atoms with Gasteiger partial charge in [0, 0.05) is 18.7 Å². The molecule has 2 N–H and O–H groups in total. The second-order valence-electron chi connectivity index (χ2n) is 6.32. The molecule has 1 heterocycles. The topological polar surface area (TPSA) is 85.4 Å². The quantitative estimate of drug-likeness (QED) is 0.582. The summed E-state index contributed by atoms with van der Waals surface area (Å²) in [6, 6.07) is 18.9. The smallest absolute Gasteiger partial charge is 0.272 e. The number of benzene rings is 2. The number of amides is 1. The number of carbonyl (C=O) groups is 1. The lowest BCUT2D eigenvalue weighted by molar-refractivity contribution is 0.0944. The lowest BCUT2D eigenvalue weighted by Crippen LogP contribution is -2.24. The zero-order chi connectivity index (χ0) is 20.5. The van der Waals surface area contributed by atoms with Crippen molar-refractivity contribution >= 4 is 11.7 Å². The number of anilines is 1. The van der Waals surface area contributed by atoms with E-state index in [2.05, 4.69) is 20.8 Å². The van der Waals surface area contributed by atoms with Crippen molar-refractivity contribution in [3.63, 3.8) is 0 Å². The van der Waals surface area contributed by atoms with Crippen molar-refractivity contribution in [1.29, 1.82) is 0 Å². The van der Waals surface area contributed by atoms with E-state index in [0.717, 1.165) is 23.5 Å². The first-order chi connectivity index (χ1) is 14.2. The zero-order valence-electron chi connectivity index (χ0n) is 16.5. The molecule has 1 amide bonds. The molecule has 0 aliphatic rings. The molecule has 0 bridgehead atoms. The van der Waals surface area contributed by atoms with E-state index in [1.807, 2.05) is 48.5 Å². The van der Waals surface area contributed by atoms with E-state index in [1.54, 1.807) is 26.4 Å². The Morgan fingerprint density at radius 1 is 0.931 bits per heavy atom. The third kappa shape index (κ3) is 5.68. The summed E-state index contributed by atoms with van der Waals surface area (Å²) in [6.07, 6.45) is 0.840. The summed E-state index contributed by atoms with van der Waals surface area (Å²) in [5, 5.41) is 14.1. The van der Waals surface area contributed by atoms with E-state index in [9.17, 15) is 4.79 Å². The summed E-state index contributed by atoms with van der Waals surface area (Å²) < 4.78 is 10.4. The van der Waals surface area contributed by atoms with Crippen LogP contribution in [0.3, 0.4) is 0 Å². The zero-order valence-corrected chi connectivity index (χ0v) is 16.5. The van der Waals surface area contributed by atoms with Gasteiger partial charge >= 0.3 is 0 Å². The van der Waals surface area contributed by atoms with Crippen molar-refractivity contribution in [2.75, 3.05) is 26.1 Å². The molecule has 0 unspecified atom stereocenters. The second-order valence-corrected chi connectivity index (χ2v) is 6.32. The van der Waals surface area contributed by atoms with E-state index in [0.29, 0.717) is 18.9 Å². The van der Waals surface area contributed by atoms with Crippen LogP contribution in [-0.2, 0) is 13.0 Å². The van der Waals surface area contributed by atoms with Crippen LogP contribution in [0.5, 0.6) is 11.5 Å². The number of ether oxygens (including phenoxy) is 2. The summed E-state index contributed by atoms with van der Waals surface area (Å²) in [5.41, 5.74) is 2.35. The molecular weight excluding hydrogens is 368 g/mol. The monoisotopic (exact) mass is 392 g/mol. The number of rotatable bonds is 9. The largest absolute Gasteiger partial charge is 0.497 e. The van der Waals surface area contributed by atoms with Gasteiger partial charge < -0.3 is 20.1 Å². The third-order valence-corrected chi connectivity index (χ3v) is 4.41. The molecule has 0 fully saturated rings. The number of hydrogen-bond donors (Lipinski definition) is 2. The number of hydrogen-bond acceptors (Lipinski definition) is 6. The minimum absolute atomic E-state index is 0.264. The molecule has 1 aromatic heterocycles. The summed E-state index contributed by atoms with van der Waals surface area (Å²) in [7, 11) is 3.25. The summed E-state index contributed by atoms with van der Waals surface area (Å²) >= 11 is 0. The summed E-state index contributed by atoms with van der Waals surface area (Å²) in [6.45, 7) is 1.06. The van der Waals surface area contributed by atoms with Crippen molar-refractivity contribution in [3.8, 4) is 11.5 Å². The highest BCUT2D eigenvalue weighted by molar-refractivity contribution is 5.92. The predicted molar refractivity (Wildman–Crippen MR) is 111 cm³/mol. The van der Waals surface area contributed by atoms with Crippen molar-refractivity contribution in [3.05, 3.63) is 77.5 Å². The van der Waals surface area contributed by atoms with Gasteiger partial charge in [0.1, 0.15) is 17.3 Å². The highest BCUT2D eigenvalue weighted by atomic mass is 16.5. The van der Waals surface area contributed by atoms with Crippen molar-refractivity contribution in [1.82, 2.24) is 15.5 Å². The van der Waals surface area contributed by atoms with Gasteiger partial charge in [-0.15, -0.1) is 10.2 Å². The van der Waals surface area contributed by atoms with Gasteiger partial charge in [-0.05, 0) is 42.3 Å². The maximum atomic E-state index is 12.3. The second kappa shape index (κ2) is 10.1. The molecule has 3 rings (SSSR count). The first kappa shape index (κ1) is 20.1. The Morgan fingerprint density at radius 2 is 1.72 bits per heavy atom.